The third kappa shape index (κ3) is 1.67. The Labute approximate surface area is 142 Å². The molecule has 0 amide bonds. The van der Waals surface area contributed by atoms with Gasteiger partial charge in [-0.25, -0.2) is 0 Å². The lowest BCUT2D eigenvalue weighted by Gasteiger charge is -2.57. The van der Waals surface area contributed by atoms with Crippen LogP contribution in [0.4, 0.5) is 0 Å². The molecule has 2 fully saturated rings. The maximum atomic E-state index is 12.6. The highest BCUT2D eigenvalue weighted by atomic mass is 32.2. The fraction of sp³-hybridized carbons (Fsp3) is 0.588. The number of piperidine rings is 1. The number of ketones is 1. The predicted octanol–water partition coefficient (Wildman–Crippen LogP) is 1.44. The van der Waals surface area contributed by atoms with E-state index >= 15 is 0 Å². The summed E-state index contributed by atoms with van der Waals surface area (Å²) in [6, 6.07) is 4.09. The Morgan fingerprint density at radius 3 is 3.08 bits per heavy atom. The molecule has 0 radical (unpaired) electrons. The molecular formula is C17H19NO5S. The minimum absolute atomic E-state index is 0.148. The van der Waals surface area contributed by atoms with Gasteiger partial charge in [0.1, 0.15) is 0 Å². The number of hydrogen-bond donors (Lipinski definition) is 1. The Kier molecular flexibility index (Phi) is 2.98. The Balaban J connectivity index is 1.76. The van der Waals surface area contributed by atoms with Crippen molar-refractivity contribution in [1.82, 2.24) is 4.90 Å². The normalized spacial score (nSPS) is 37.6. The first-order valence-corrected chi connectivity index (χ1v) is 9.40. The number of ether oxygens (including phenoxy) is 1. The smallest absolute Gasteiger partial charge is 0.357 e. The summed E-state index contributed by atoms with van der Waals surface area (Å²) in [5.74, 6) is 1.32. The number of likely N-dealkylation sites (tertiary alicyclic amines) is 1. The van der Waals surface area contributed by atoms with Crippen LogP contribution in [0.25, 0.3) is 0 Å². The lowest BCUT2D eigenvalue weighted by Crippen LogP contribution is -2.65. The molecule has 6 nitrogen and oxygen atoms in total. The minimum atomic E-state index is -2.41. The highest BCUT2D eigenvalue weighted by molar-refractivity contribution is 7.74. The monoisotopic (exact) mass is 349 g/mol. The van der Waals surface area contributed by atoms with Crippen LogP contribution < -0.4 is 8.92 Å². The quantitative estimate of drug-likeness (QED) is 0.815. The van der Waals surface area contributed by atoms with Crippen LogP contribution in [0, 0.1) is 5.92 Å². The largest absolute Gasteiger partial charge is 0.477 e. The fourth-order valence-corrected chi connectivity index (χ4v) is 5.94. The summed E-state index contributed by atoms with van der Waals surface area (Å²) in [7, 11) is 2.16. The summed E-state index contributed by atoms with van der Waals surface area (Å²) >= 11 is -2.41. The van der Waals surface area contributed by atoms with Crippen LogP contribution in [0.2, 0.25) is 0 Å². The van der Waals surface area contributed by atoms with Crippen molar-refractivity contribution in [3.8, 4) is 11.5 Å². The molecule has 5 atom stereocenters. The van der Waals surface area contributed by atoms with E-state index in [4.69, 9.17) is 13.5 Å². The topological polar surface area (TPSA) is 76.1 Å². The van der Waals surface area contributed by atoms with Crippen molar-refractivity contribution in [1.29, 1.82) is 0 Å². The van der Waals surface area contributed by atoms with Gasteiger partial charge >= 0.3 is 11.4 Å². The molecule has 1 aromatic rings. The van der Waals surface area contributed by atoms with Crippen molar-refractivity contribution in [2.24, 2.45) is 5.92 Å². The lowest BCUT2D eigenvalue weighted by molar-refractivity contribution is -0.138. The summed E-state index contributed by atoms with van der Waals surface area (Å²) in [5.41, 5.74) is 1.97. The van der Waals surface area contributed by atoms with E-state index in [0.717, 1.165) is 31.4 Å². The van der Waals surface area contributed by atoms with E-state index in [2.05, 4.69) is 11.9 Å². The first kappa shape index (κ1) is 14.9. The minimum Gasteiger partial charge on any atom is -0.477 e. The van der Waals surface area contributed by atoms with Crippen molar-refractivity contribution in [2.45, 2.75) is 43.2 Å². The van der Waals surface area contributed by atoms with Crippen molar-refractivity contribution >= 4 is 17.1 Å². The van der Waals surface area contributed by atoms with Gasteiger partial charge in [0.2, 0.25) is 0 Å². The first-order valence-electron chi connectivity index (χ1n) is 8.37. The zero-order valence-corrected chi connectivity index (χ0v) is 14.2. The Bertz CT molecular complexity index is 780. The SMILES string of the molecule is CN1CC[C@]23c4c5ccc(OS(=O)O)c4O[C@H]2C(=O)CC[C@H]3[C@H]1C5. The number of carbonyl (C=O) groups excluding carboxylic acids is 1. The Morgan fingerprint density at radius 1 is 1.46 bits per heavy atom. The second-order valence-corrected chi connectivity index (χ2v) is 7.98. The van der Waals surface area contributed by atoms with Crippen LogP contribution >= 0.6 is 0 Å². The third-order valence-electron chi connectivity index (χ3n) is 6.53. The highest BCUT2D eigenvalue weighted by Crippen LogP contribution is 2.63. The molecule has 24 heavy (non-hydrogen) atoms. The van der Waals surface area contributed by atoms with Crippen LogP contribution in [0.3, 0.4) is 0 Å². The molecule has 0 aromatic heterocycles. The van der Waals surface area contributed by atoms with E-state index in [1.54, 1.807) is 6.07 Å². The van der Waals surface area contributed by atoms with Crippen LogP contribution in [-0.2, 0) is 28.0 Å². The molecule has 7 heteroatoms. The molecular weight excluding hydrogens is 330 g/mol. The number of benzene rings is 1. The zero-order valence-electron chi connectivity index (χ0n) is 13.4. The molecule has 128 valence electrons. The van der Waals surface area contributed by atoms with E-state index in [9.17, 15) is 9.00 Å². The fourth-order valence-electron chi connectivity index (χ4n) is 5.65. The van der Waals surface area contributed by atoms with E-state index < -0.39 is 17.5 Å². The maximum absolute atomic E-state index is 12.6. The standard InChI is InChI=1S/C17H19NO5S/c1-18-7-6-17-10-3-4-12(19)16(17)22-15-13(23-24(20)21)5-2-9(14(15)17)8-11(10)18/h2,5,10-11,16H,3-4,6-8H2,1H3,(H,20,21)/t10-,11+,16-,17-/m0/s1. The van der Waals surface area contributed by atoms with Crippen molar-refractivity contribution in [3.63, 3.8) is 0 Å². The average molecular weight is 349 g/mol. The number of Topliss-reactive ketones (excluding diaryl/α,β-unsaturated/α-hetero) is 1. The Hall–Kier alpha value is -1.44. The van der Waals surface area contributed by atoms with Gasteiger partial charge in [0.25, 0.3) is 0 Å². The van der Waals surface area contributed by atoms with Gasteiger partial charge in [0, 0.05) is 23.4 Å². The maximum Gasteiger partial charge on any atom is 0.357 e. The second kappa shape index (κ2) is 4.80. The van der Waals surface area contributed by atoms with Gasteiger partial charge < -0.3 is 13.8 Å². The molecule has 2 aliphatic carbocycles. The van der Waals surface area contributed by atoms with Crippen LogP contribution in [0.5, 0.6) is 11.5 Å². The van der Waals surface area contributed by atoms with E-state index in [1.807, 2.05) is 6.07 Å². The van der Waals surface area contributed by atoms with Gasteiger partial charge in [-0.2, -0.15) is 4.21 Å². The highest BCUT2D eigenvalue weighted by Gasteiger charge is 2.65. The summed E-state index contributed by atoms with van der Waals surface area (Å²) in [6.45, 7) is 0.935. The number of hydrogen-bond acceptors (Lipinski definition) is 5. The van der Waals surface area contributed by atoms with Gasteiger partial charge in [-0.3, -0.25) is 9.35 Å². The Morgan fingerprint density at radius 2 is 2.29 bits per heavy atom. The molecule has 1 saturated heterocycles. The predicted molar refractivity (Wildman–Crippen MR) is 86.4 cm³/mol. The second-order valence-electron chi connectivity index (χ2n) is 7.38. The van der Waals surface area contributed by atoms with E-state index in [1.165, 1.54) is 5.56 Å². The van der Waals surface area contributed by atoms with Gasteiger partial charge in [-0.15, -0.1) is 0 Å². The molecule has 1 aromatic carbocycles. The van der Waals surface area contributed by atoms with Crippen LogP contribution in [0.15, 0.2) is 12.1 Å². The number of likely N-dealkylation sites (N-methyl/N-ethyl adjacent to an activating group) is 1. The molecule has 2 bridgehead atoms. The molecule has 1 unspecified atom stereocenters. The molecule has 5 rings (SSSR count). The van der Waals surface area contributed by atoms with Gasteiger partial charge in [-0.05, 0) is 50.4 Å². The third-order valence-corrected chi connectivity index (χ3v) is 6.85. The average Bonchev–Trinajstić information content (AvgIpc) is 2.89. The van der Waals surface area contributed by atoms with E-state index in [-0.39, 0.29) is 16.9 Å². The number of nitrogens with zero attached hydrogens (tertiary/aromatic N) is 1. The van der Waals surface area contributed by atoms with E-state index in [0.29, 0.717) is 24.1 Å². The molecule has 4 aliphatic rings. The zero-order chi connectivity index (χ0) is 16.6. The number of rotatable bonds is 2. The van der Waals surface area contributed by atoms with Gasteiger partial charge in [0.05, 0.1) is 0 Å². The van der Waals surface area contributed by atoms with Crippen LogP contribution in [0.1, 0.15) is 30.4 Å². The van der Waals surface area contributed by atoms with Crippen molar-refractivity contribution < 1.29 is 22.5 Å². The first-order chi connectivity index (χ1) is 11.5. The summed E-state index contributed by atoms with van der Waals surface area (Å²) < 4.78 is 31.4. The molecule has 2 aliphatic heterocycles. The molecule has 2 heterocycles. The summed E-state index contributed by atoms with van der Waals surface area (Å²) in [4.78, 5) is 15.1. The molecule has 1 saturated carbocycles. The lowest BCUT2D eigenvalue weighted by atomic mass is 9.52. The summed E-state index contributed by atoms with van der Waals surface area (Å²) in [6.07, 6.45) is 2.78. The van der Waals surface area contributed by atoms with Gasteiger partial charge in [0.15, 0.2) is 23.4 Å². The summed E-state index contributed by atoms with van der Waals surface area (Å²) in [5, 5.41) is 0. The molecule has 1 N–H and O–H groups in total. The van der Waals surface area contributed by atoms with Crippen LogP contribution in [-0.4, -0.2) is 45.2 Å². The molecule has 1 spiro atoms. The van der Waals surface area contributed by atoms with Crippen molar-refractivity contribution in [2.75, 3.05) is 13.6 Å². The van der Waals surface area contributed by atoms with Crippen molar-refractivity contribution in [3.05, 3.63) is 23.3 Å². The number of carbonyl (C=O) groups is 1. The van der Waals surface area contributed by atoms with Gasteiger partial charge in [-0.1, -0.05) is 6.07 Å².